The summed E-state index contributed by atoms with van der Waals surface area (Å²) in [5.41, 5.74) is 1.12. The van der Waals surface area contributed by atoms with Gasteiger partial charge in [0.15, 0.2) is 5.76 Å². The number of aryl methyl sites for hydroxylation is 1. The SMILES string of the molecule is CCCCSCc1cc(C(=O)NC[C@H]2CCCO2)oc1C. The first-order valence-electron chi connectivity index (χ1n) is 7.77. The highest BCUT2D eigenvalue weighted by molar-refractivity contribution is 7.98. The highest BCUT2D eigenvalue weighted by Crippen LogP contribution is 2.21. The molecule has 4 nitrogen and oxygen atoms in total. The second-order valence-corrected chi connectivity index (χ2v) is 6.55. The zero-order valence-corrected chi connectivity index (χ0v) is 13.8. The van der Waals surface area contributed by atoms with E-state index in [2.05, 4.69) is 12.2 Å². The van der Waals surface area contributed by atoms with Crippen molar-refractivity contribution < 1.29 is 13.9 Å². The number of rotatable bonds is 8. The van der Waals surface area contributed by atoms with Crippen LogP contribution in [0.15, 0.2) is 10.5 Å². The molecule has 0 aromatic carbocycles. The Morgan fingerprint density at radius 1 is 1.52 bits per heavy atom. The lowest BCUT2D eigenvalue weighted by Crippen LogP contribution is -2.31. The maximum atomic E-state index is 12.1. The number of carbonyl (C=O) groups is 1. The summed E-state index contributed by atoms with van der Waals surface area (Å²) in [6, 6.07) is 1.87. The van der Waals surface area contributed by atoms with Crippen molar-refractivity contribution >= 4 is 17.7 Å². The van der Waals surface area contributed by atoms with Crippen LogP contribution >= 0.6 is 11.8 Å². The predicted octanol–water partition coefficient (Wildman–Crippen LogP) is 3.53. The largest absolute Gasteiger partial charge is 0.456 e. The van der Waals surface area contributed by atoms with Crippen LogP contribution in [0, 0.1) is 6.92 Å². The van der Waals surface area contributed by atoms with Gasteiger partial charge in [0.1, 0.15) is 5.76 Å². The Morgan fingerprint density at radius 2 is 2.38 bits per heavy atom. The Kier molecular flexibility index (Phi) is 6.64. The molecule has 118 valence electrons. The van der Waals surface area contributed by atoms with Crippen molar-refractivity contribution in [2.75, 3.05) is 18.9 Å². The number of ether oxygens (including phenoxy) is 1. The van der Waals surface area contributed by atoms with Crippen molar-refractivity contribution in [3.05, 3.63) is 23.2 Å². The normalized spacial score (nSPS) is 18.1. The molecule has 1 fully saturated rings. The van der Waals surface area contributed by atoms with E-state index in [1.54, 1.807) is 0 Å². The Hall–Kier alpha value is -0.940. The van der Waals surface area contributed by atoms with E-state index in [0.29, 0.717) is 12.3 Å². The van der Waals surface area contributed by atoms with Crippen LogP contribution in [0.5, 0.6) is 0 Å². The number of hydrogen-bond acceptors (Lipinski definition) is 4. The van der Waals surface area contributed by atoms with E-state index in [1.165, 1.54) is 12.8 Å². The number of carbonyl (C=O) groups excluding carboxylic acids is 1. The topological polar surface area (TPSA) is 51.5 Å². The van der Waals surface area contributed by atoms with Crippen LogP contribution in [-0.4, -0.2) is 30.9 Å². The van der Waals surface area contributed by atoms with Gasteiger partial charge in [0, 0.05) is 24.5 Å². The van der Waals surface area contributed by atoms with Gasteiger partial charge < -0.3 is 14.5 Å². The molecule has 2 rings (SSSR count). The summed E-state index contributed by atoms with van der Waals surface area (Å²) in [4.78, 5) is 12.1. The minimum Gasteiger partial charge on any atom is -0.456 e. The molecule has 0 spiro atoms. The lowest BCUT2D eigenvalue weighted by atomic mass is 10.2. The third-order valence-corrected chi connectivity index (χ3v) is 4.75. The van der Waals surface area contributed by atoms with E-state index in [4.69, 9.17) is 9.15 Å². The Labute approximate surface area is 131 Å². The van der Waals surface area contributed by atoms with Crippen LogP contribution < -0.4 is 5.32 Å². The summed E-state index contributed by atoms with van der Waals surface area (Å²) in [6.45, 7) is 5.49. The standard InChI is InChI=1S/C16H25NO3S/c1-3-4-8-21-11-13-9-15(20-12(13)2)16(18)17-10-14-6-5-7-19-14/h9,14H,3-8,10-11H2,1-2H3,(H,17,18)/t14-/m1/s1. The third-order valence-electron chi connectivity index (χ3n) is 3.66. The number of hydrogen-bond donors (Lipinski definition) is 1. The summed E-state index contributed by atoms with van der Waals surface area (Å²) < 4.78 is 11.1. The van der Waals surface area contributed by atoms with Gasteiger partial charge in [-0.2, -0.15) is 11.8 Å². The van der Waals surface area contributed by atoms with Crippen molar-refractivity contribution in [3.8, 4) is 0 Å². The Balaban J connectivity index is 1.80. The van der Waals surface area contributed by atoms with Crippen molar-refractivity contribution in [2.24, 2.45) is 0 Å². The molecule has 0 saturated carbocycles. The zero-order chi connectivity index (χ0) is 15.1. The summed E-state index contributed by atoms with van der Waals surface area (Å²) in [5.74, 6) is 3.19. The quantitative estimate of drug-likeness (QED) is 0.746. The summed E-state index contributed by atoms with van der Waals surface area (Å²) >= 11 is 1.89. The van der Waals surface area contributed by atoms with Gasteiger partial charge >= 0.3 is 0 Å². The molecule has 1 amide bonds. The summed E-state index contributed by atoms with van der Waals surface area (Å²) in [5, 5.41) is 2.89. The lowest BCUT2D eigenvalue weighted by Gasteiger charge is -2.09. The fourth-order valence-corrected chi connectivity index (χ4v) is 3.45. The highest BCUT2D eigenvalue weighted by atomic mass is 32.2. The molecule has 0 bridgehead atoms. The van der Waals surface area contributed by atoms with E-state index >= 15 is 0 Å². The first-order chi connectivity index (χ1) is 10.2. The van der Waals surface area contributed by atoms with E-state index in [1.807, 2.05) is 24.8 Å². The van der Waals surface area contributed by atoms with Gasteiger partial charge in [-0.05, 0) is 38.0 Å². The first kappa shape index (κ1) is 16.4. The van der Waals surface area contributed by atoms with Gasteiger partial charge in [-0.3, -0.25) is 4.79 Å². The van der Waals surface area contributed by atoms with Gasteiger partial charge in [0.05, 0.1) is 6.10 Å². The highest BCUT2D eigenvalue weighted by Gasteiger charge is 2.19. The molecule has 1 atom stereocenters. The van der Waals surface area contributed by atoms with Crippen LogP contribution in [0.3, 0.4) is 0 Å². The van der Waals surface area contributed by atoms with Gasteiger partial charge in [-0.1, -0.05) is 13.3 Å². The van der Waals surface area contributed by atoms with Crippen molar-refractivity contribution in [1.82, 2.24) is 5.32 Å². The van der Waals surface area contributed by atoms with E-state index < -0.39 is 0 Å². The molecular formula is C16H25NO3S. The molecule has 1 aliphatic rings. The molecule has 1 aromatic rings. The monoisotopic (exact) mass is 311 g/mol. The number of furan rings is 1. The van der Waals surface area contributed by atoms with Gasteiger partial charge in [-0.15, -0.1) is 0 Å². The molecule has 1 aliphatic heterocycles. The Bertz CT molecular complexity index is 452. The maximum absolute atomic E-state index is 12.1. The van der Waals surface area contributed by atoms with Crippen LogP contribution in [0.2, 0.25) is 0 Å². The van der Waals surface area contributed by atoms with Gasteiger partial charge in [0.25, 0.3) is 5.91 Å². The minimum atomic E-state index is -0.140. The van der Waals surface area contributed by atoms with E-state index in [0.717, 1.165) is 42.3 Å². The summed E-state index contributed by atoms with van der Waals surface area (Å²) in [6.07, 6.45) is 4.72. The van der Waals surface area contributed by atoms with Crippen LogP contribution in [0.25, 0.3) is 0 Å². The van der Waals surface area contributed by atoms with E-state index in [-0.39, 0.29) is 12.0 Å². The molecule has 0 unspecified atom stereocenters. The maximum Gasteiger partial charge on any atom is 0.287 e. The van der Waals surface area contributed by atoms with Crippen LogP contribution in [0.1, 0.15) is 54.5 Å². The first-order valence-corrected chi connectivity index (χ1v) is 8.93. The molecule has 2 heterocycles. The molecule has 1 aromatic heterocycles. The molecular weight excluding hydrogens is 286 g/mol. The van der Waals surface area contributed by atoms with E-state index in [9.17, 15) is 4.79 Å². The van der Waals surface area contributed by atoms with Crippen molar-refractivity contribution in [3.63, 3.8) is 0 Å². The number of unbranched alkanes of at least 4 members (excludes halogenated alkanes) is 1. The smallest absolute Gasteiger partial charge is 0.287 e. The zero-order valence-electron chi connectivity index (χ0n) is 12.9. The minimum absolute atomic E-state index is 0.140. The molecule has 5 heteroatoms. The fraction of sp³-hybridized carbons (Fsp3) is 0.688. The second-order valence-electron chi connectivity index (χ2n) is 5.44. The number of nitrogens with one attached hydrogen (secondary N) is 1. The molecule has 0 aliphatic carbocycles. The summed E-state index contributed by atoms with van der Waals surface area (Å²) in [7, 11) is 0. The number of thioether (sulfide) groups is 1. The van der Waals surface area contributed by atoms with Crippen LogP contribution in [-0.2, 0) is 10.5 Å². The molecule has 1 N–H and O–H groups in total. The fourth-order valence-electron chi connectivity index (χ4n) is 2.30. The van der Waals surface area contributed by atoms with Crippen molar-refractivity contribution in [1.29, 1.82) is 0 Å². The van der Waals surface area contributed by atoms with Gasteiger partial charge in [-0.25, -0.2) is 0 Å². The average Bonchev–Trinajstić information content (AvgIpc) is 3.11. The van der Waals surface area contributed by atoms with Crippen LogP contribution in [0.4, 0.5) is 0 Å². The predicted molar refractivity (Wildman–Crippen MR) is 85.8 cm³/mol. The molecule has 0 radical (unpaired) electrons. The van der Waals surface area contributed by atoms with Gasteiger partial charge in [0.2, 0.25) is 0 Å². The molecule has 1 saturated heterocycles. The lowest BCUT2D eigenvalue weighted by molar-refractivity contribution is 0.0834. The average molecular weight is 311 g/mol. The third kappa shape index (κ3) is 5.08. The molecule has 21 heavy (non-hydrogen) atoms. The Morgan fingerprint density at radius 3 is 3.10 bits per heavy atom. The number of amides is 1. The van der Waals surface area contributed by atoms with Crippen molar-refractivity contribution in [2.45, 2.75) is 51.4 Å². The second kappa shape index (κ2) is 8.49.